The van der Waals surface area contributed by atoms with E-state index in [0.29, 0.717) is 0 Å². The quantitative estimate of drug-likeness (QED) is 0.837. The Morgan fingerprint density at radius 1 is 1.12 bits per heavy atom. The molecule has 2 aromatic rings. The third-order valence-corrected chi connectivity index (χ3v) is 4.95. The molecular formula is C20H21BrN2O. The van der Waals surface area contributed by atoms with E-state index in [2.05, 4.69) is 56.5 Å². The summed E-state index contributed by atoms with van der Waals surface area (Å²) in [6.45, 7) is 3.67. The Kier molecular flexibility index (Phi) is 5.48. The van der Waals surface area contributed by atoms with Gasteiger partial charge in [-0.1, -0.05) is 52.3 Å². The molecule has 0 bridgehead atoms. The van der Waals surface area contributed by atoms with Crippen LogP contribution in [-0.2, 0) is 4.79 Å². The smallest absolute Gasteiger partial charge is 0.241 e. The van der Waals surface area contributed by atoms with Gasteiger partial charge in [0, 0.05) is 23.2 Å². The lowest BCUT2D eigenvalue weighted by Crippen LogP contribution is -2.44. The average Bonchev–Trinajstić information content (AvgIpc) is 2.64. The van der Waals surface area contributed by atoms with Gasteiger partial charge in [-0.3, -0.25) is 9.69 Å². The van der Waals surface area contributed by atoms with Gasteiger partial charge in [-0.15, -0.1) is 0 Å². The number of nitrogens with zero attached hydrogens (tertiary/aromatic N) is 1. The Balaban J connectivity index is 1.60. The summed E-state index contributed by atoms with van der Waals surface area (Å²) in [5.41, 5.74) is 3.48. The molecule has 3 rings (SSSR count). The predicted molar refractivity (Wildman–Crippen MR) is 103 cm³/mol. The van der Waals surface area contributed by atoms with Crippen LogP contribution in [0, 0.1) is 0 Å². The van der Waals surface area contributed by atoms with Crippen molar-refractivity contribution in [2.75, 3.05) is 18.4 Å². The van der Waals surface area contributed by atoms with Gasteiger partial charge in [0.05, 0.1) is 6.04 Å². The van der Waals surface area contributed by atoms with Gasteiger partial charge in [0.1, 0.15) is 0 Å². The molecule has 0 aliphatic carbocycles. The van der Waals surface area contributed by atoms with Crippen molar-refractivity contribution >= 4 is 33.1 Å². The first-order valence-electron chi connectivity index (χ1n) is 8.18. The standard InChI is InChI=1S/C20H21BrN2O/c1-15(20(24)22-19-9-7-18(21)8-10-19)23-13-11-17(12-14-23)16-5-3-2-4-6-16/h2-11,15H,12-14H2,1H3,(H,22,24)/t15-/m1/s1. The highest BCUT2D eigenvalue weighted by Gasteiger charge is 2.23. The molecule has 0 radical (unpaired) electrons. The fraction of sp³-hybridized carbons (Fsp3) is 0.250. The third kappa shape index (κ3) is 4.13. The molecule has 0 saturated carbocycles. The van der Waals surface area contributed by atoms with Crippen molar-refractivity contribution in [1.82, 2.24) is 4.90 Å². The zero-order chi connectivity index (χ0) is 16.9. The van der Waals surface area contributed by atoms with E-state index in [1.807, 2.05) is 37.3 Å². The molecule has 0 fully saturated rings. The molecule has 2 aromatic carbocycles. The molecule has 1 atom stereocenters. The highest BCUT2D eigenvalue weighted by Crippen LogP contribution is 2.23. The second-order valence-corrected chi connectivity index (χ2v) is 6.93. The number of carbonyl (C=O) groups excluding carboxylic acids is 1. The van der Waals surface area contributed by atoms with E-state index in [4.69, 9.17) is 0 Å². The fourth-order valence-corrected chi connectivity index (χ4v) is 3.16. The number of halogens is 1. The van der Waals surface area contributed by atoms with E-state index in [-0.39, 0.29) is 11.9 Å². The van der Waals surface area contributed by atoms with Gasteiger partial charge in [0.15, 0.2) is 0 Å². The van der Waals surface area contributed by atoms with Crippen LogP contribution in [0.25, 0.3) is 5.57 Å². The summed E-state index contributed by atoms with van der Waals surface area (Å²) in [7, 11) is 0. The molecule has 0 saturated heterocycles. The average molecular weight is 385 g/mol. The summed E-state index contributed by atoms with van der Waals surface area (Å²) >= 11 is 3.40. The van der Waals surface area contributed by atoms with Crippen molar-refractivity contribution < 1.29 is 4.79 Å². The molecule has 1 aliphatic rings. The van der Waals surface area contributed by atoms with E-state index >= 15 is 0 Å². The lowest BCUT2D eigenvalue weighted by molar-refractivity contribution is -0.120. The molecule has 24 heavy (non-hydrogen) atoms. The Morgan fingerprint density at radius 3 is 2.46 bits per heavy atom. The number of nitrogens with one attached hydrogen (secondary N) is 1. The molecule has 0 aromatic heterocycles. The summed E-state index contributed by atoms with van der Waals surface area (Å²) in [6.07, 6.45) is 3.21. The largest absolute Gasteiger partial charge is 0.325 e. The third-order valence-electron chi connectivity index (χ3n) is 4.42. The maximum Gasteiger partial charge on any atom is 0.241 e. The number of benzene rings is 2. The summed E-state index contributed by atoms with van der Waals surface area (Å²) in [5.74, 6) is 0.0360. The van der Waals surface area contributed by atoms with Crippen LogP contribution in [-0.4, -0.2) is 29.9 Å². The van der Waals surface area contributed by atoms with E-state index in [1.165, 1.54) is 11.1 Å². The lowest BCUT2D eigenvalue weighted by Gasteiger charge is -2.31. The molecule has 0 unspecified atom stereocenters. The first kappa shape index (κ1) is 16.9. The van der Waals surface area contributed by atoms with E-state index < -0.39 is 0 Å². The lowest BCUT2D eigenvalue weighted by atomic mass is 9.99. The van der Waals surface area contributed by atoms with Crippen molar-refractivity contribution in [3.05, 3.63) is 70.7 Å². The summed E-state index contributed by atoms with van der Waals surface area (Å²) in [4.78, 5) is 14.7. The van der Waals surface area contributed by atoms with Gasteiger partial charge in [0.2, 0.25) is 5.91 Å². The van der Waals surface area contributed by atoms with Crippen molar-refractivity contribution in [2.45, 2.75) is 19.4 Å². The molecule has 4 heteroatoms. The van der Waals surface area contributed by atoms with Crippen LogP contribution < -0.4 is 5.32 Å². The Bertz CT molecular complexity index is 725. The van der Waals surface area contributed by atoms with Gasteiger partial charge in [-0.05, 0) is 48.7 Å². The molecule has 1 heterocycles. The molecular weight excluding hydrogens is 364 g/mol. The van der Waals surface area contributed by atoms with Gasteiger partial charge >= 0.3 is 0 Å². The van der Waals surface area contributed by atoms with Gasteiger partial charge < -0.3 is 5.32 Å². The highest BCUT2D eigenvalue weighted by atomic mass is 79.9. The minimum atomic E-state index is -0.151. The maximum atomic E-state index is 12.5. The zero-order valence-corrected chi connectivity index (χ0v) is 15.3. The first-order chi connectivity index (χ1) is 11.6. The topological polar surface area (TPSA) is 32.3 Å². The van der Waals surface area contributed by atoms with Crippen molar-refractivity contribution in [1.29, 1.82) is 0 Å². The van der Waals surface area contributed by atoms with Crippen LogP contribution in [0.4, 0.5) is 5.69 Å². The van der Waals surface area contributed by atoms with Gasteiger partial charge in [-0.25, -0.2) is 0 Å². The molecule has 1 N–H and O–H groups in total. The minimum absolute atomic E-state index is 0.0360. The summed E-state index contributed by atoms with van der Waals surface area (Å²) in [5, 5.41) is 2.99. The molecule has 3 nitrogen and oxygen atoms in total. The van der Waals surface area contributed by atoms with E-state index in [9.17, 15) is 4.79 Å². The minimum Gasteiger partial charge on any atom is -0.325 e. The van der Waals surface area contributed by atoms with Crippen LogP contribution in [0.3, 0.4) is 0 Å². The van der Waals surface area contributed by atoms with Crippen molar-refractivity contribution in [3.63, 3.8) is 0 Å². The van der Waals surface area contributed by atoms with Crippen LogP contribution in [0.5, 0.6) is 0 Å². The summed E-state index contributed by atoms with van der Waals surface area (Å²) in [6, 6.07) is 18.0. The predicted octanol–water partition coefficient (Wildman–Crippen LogP) is 4.57. The number of hydrogen-bond acceptors (Lipinski definition) is 2. The van der Waals surface area contributed by atoms with E-state index in [1.54, 1.807) is 0 Å². The Hall–Kier alpha value is -1.91. The number of hydrogen-bond donors (Lipinski definition) is 1. The number of amides is 1. The molecule has 1 amide bonds. The fourth-order valence-electron chi connectivity index (χ4n) is 2.90. The molecule has 124 valence electrons. The van der Waals surface area contributed by atoms with Gasteiger partial charge in [-0.2, -0.15) is 0 Å². The van der Waals surface area contributed by atoms with E-state index in [0.717, 1.165) is 29.7 Å². The van der Waals surface area contributed by atoms with Crippen molar-refractivity contribution in [2.24, 2.45) is 0 Å². The normalized spacial score (nSPS) is 16.3. The molecule has 1 aliphatic heterocycles. The van der Waals surface area contributed by atoms with Crippen LogP contribution in [0.15, 0.2) is 65.1 Å². The van der Waals surface area contributed by atoms with Crippen LogP contribution >= 0.6 is 15.9 Å². The number of carbonyl (C=O) groups is 1. The van der Waals surface area contributed by atoms with Crippen LogP contribution in [0.2, 0.25) is 0 Å². The summed E-state index contributed by atoms with van der Waals surface area (Å²) < 4.78 is 1.00. The molecule has 0 spiro atoms. The maximum absolute atomic E-state index is 12.5. The highest BCUT2D eigenvalue weighted by molar-refractivity contribution is 9.10. The first-order valence-corrected chi connectivity index (χ1v) is 8.98. The van der Waals surface area contributed by atoms with Crippen LogP contribution in [0.1, 0.15) is 18.9 Å². The second kappa shape index (κ2) is 7.77. The monoisotopic (exact) mass is 384 g/mol. The number of anilines is 1. The second-order valence-electron chi connectivity index (χ2n) is 6.01. The zero-order valence-electron chi connectivity index (χ0n) is 13.7. The van der Waals surface area contributed by atoms with Crippen molar-refractivity contribution in [3.8, 4) is 0 Å². The Morgan fingerprint density at radius 2 is 1.83 bits per heavy atom. The Labute approximate surface area is 151 Å². The SMILES string of the molecule is C[C@H](C(=O)Nc1ccc(Br)cc1)N1CC=C(c2ccccc2)CC1. The number of rotatable bonds is 4. The van der Waals surface area contributed by atoms with Gasteiger partial charge in [0.25, 0.3) is 0 Å².